The Morgan fingerprint density at radius 2 is 1.86 bits per heavy atom. The van der Waals surface area contributed by atoms with Gasteiger partial charge in [0.15, 0.2) is 5.65 Å². The second kappa shape index (κ2) is 8.15. The van der Waals surface area contributed by atoms with Crippen LogP contribution in [-0.2, 0) is 11.5 Å². The number of aromatic nitrogens is 4. The van der Waals surface area contributed by atoms with Crippen LogP contribution in [0.5, 0.6) is 11.5 Å². The van der Waals surface area contributed by atoms with Crippen LogP contribution in [0.25, 0.3) is 11.0 Å². The lowest BCUT2D eigenvalue weighted by atomic mass is 10.3. The largest absolute Gasteiger partial charge is 0.454 e. The molecular formula is C19H28N6O2Si. The molecule has 0 aromatic carbocycles. The Kier molecular flexibility index (Phi) is 5.85. The van der Waals surface area contributed by atoms with Gasteiger partial charge in [-0.05, 0) is 19.0 Å². The Labute approximate surface area is 166 Å². The van der Waals surface area contributed by atoms with E-state index in [1.54, 1.807) is 30.2 Å². The number of nitrogens with zero attached hydrogens (tertiary/aromatic N) is 4. The molecule has 3 heterocycles. The molecule has 0 aliphatic rings. The summed E-state index contributed by atoms with van der Waals surface area (Å²) in [5.74, 6) is 1.62. The van der Waals surface area contributed by atoms with Gasteiger partial charge in [0.1, 0.15) is 24.0 Å². The van der Waals surface area contributed by atoms with Gasteiger partial charge in [-0.25, -0.2) is 14.6 Å². The van der Waals surface area contributed by atoms with Crippen molar-refractivity contribution in [2.45, 2.75) is 39.3 Å². The van der Waals surface area contributed by atoms with Gasteiger partial charge in [0.05, 0.1) is 23.8 Å². The number of anilines is 2. The van der Waals surface area contributed by atoms with Crippen LogP contribution < -0.4 is 15.8 Å². The summed E-state index contributed by atoms with van der Waals surface area (Å²) in [6.45, 7) is 10.1. The lowest BCUT2D eigenvalue weighted by Gasteiger charge is -2.15. The third-order valence-corrected chi connectivity index (χ3v) is 6.06. The average molecular weight is 401 g/mol. The first-order chi connectivity index (χ1) is 13.3. The van der Waals surface area contributed by atoms with Crippen molar-refractivity contribution in [2.75, 3.05) is 24.7 Å². The summed E-state index contributed by atoms with van der Waals surface area (Å²) in [5.41, 5.74) is 8.18. The van der Waals surface area contributed by atoms with Crippen molar-refractivity contribution < 1.29 is 9.47 Å². The van der Waals surface area contributed by atoms with E-state index in [4.69, 9.17) is 15.2 Å². The minimum absolute atomic E-state index is 0.398. The van der Waals surface area contributed by atoms with Crippen molar-refractivity contribution in [3.05, 3.63) is 30.2 Å². The summed E-state index contributed by atoms with van der Waals surface area (Å²) in [4.78, 5) is 8.66. The Balaban J connectivity index is 1.74. The highest BCUT2D eigenvalue weighted by Crippen LogP contribution is 2.28. The molecule has 3 aromatic heterocycles. The number of hydrogen-bond donors (Lipinski definition) is 2. The number of aryl methyl sites for hydroxylation is 1. The summed E-state index contributed by atoms with van der Waals surface area (Å²) < 4.78 is 13.5. The van der Waals surface area contributed by atoms with Gasteiger partial charge in [0.2, 0.25) is 0 Å². The number of nitrogens with one attached hydrogen (secondary N) is 1. The lowest BCUT2D eigenvalue weighted by Crippen LogP contribution is -2.22. The van der Waals surface area contributed by atoms with Crippen molar-refractivity contribution in [1.29, 1.82) is 0 Å². The quantitative estimate of drug-likeness (QED) is 0.437. The van der Waals surface area contributed by atoms with Crippen LogP contribution in [0.1, 0.15) is 5.69 Å². The van der Waals surface area contributed by atoms with Crippen molar-refractivity contribution in [1.82, 2.24) is 19.7 Å². The topological polar surface area (TPSA) is 100 Å². The Hall–Kier alpha value is -2.65. The van der Waals surface area contributed by atoms with Crippen LogP contribution in [0.2, 0.25) is 25.7 Å². The molecule has 0 aliphatic carbocycles. The molecule has 9 heteroatoms. The number of nitrogens with two attached hydrogens (primary N) is 1. The maximum Gasteiger partial charge on any atom is 0.160 e. The fourth-order valence-electron chi connectivity index (χ4n) is 2.72. The fourth-order valence-corrected chi connectivity index (χ4v) is 3.47. The smallest absolute Gasteiger partial charge is 0.160 e. The average Bonchev–Trinajstić information content (AvgIpc) is 2.95. The zero-order valence-electron chi connectivity index (χ0n) is 17.1. The molecule has 0 fully saturated rings. The van der Waals surface area contributed by atoms with Gasteiger partial charge >= 0.3 is 0 Å². The zero-order valence-corrected chi connectivity index (χ0v) is 18.1. The van der Waals surface area contributed by atoms with Crippen LogP contribution >= 0.6 is 0 Å². The van der Waals surface area contributed by atoms with E-state index in [1.807, 2.05) is 13.0 Å². The first-order valence-electron chi connectivity index (χ1n) is 9.29. The van der Waals surface area contributed by atoms with Crippen molar-refractivity contribution in [2.24, 2.45) is 0 Å². The monoisotopic (exact) mass is 400 g/mol. The zero-order chi connectivity index (χ0) is 20.3. The van der Waals surface area contributed by atoms with E-state index >= 15 is 0 Å². The van der Waals surface area contributed by atoms with Crippen molar-refractivity contribution >= 4 is 30.6 Å². The Morgan fingerprint density at radius 1 is 1.14 bits per heavy atom. The molecule has 0 spiro atoms. The second-order valence-electron chi connectivity index (χ2n) is 7.93. The van der Waals surface area contributed by atoms with Crippen LogP contribution in [0.15, 0.2) is 24.5 Å². The van der Waals surface area contributed by atoms with Crippen molar-refractivity contribution in [3.8, 4) is 11.5 Å². The van der Waals surface area contributed by atoms with E-state index in [9.17, 15) is 0 Å². The van der Waals surface area contributed by atoms with Gasteiger partial charge in [0.25, 0.3) is 0 Å². The molecule has 0 bridgehead atoms. The number of nitrogen functional groups attached to an aromatic ring is 1. The SMILES string of the molecule is CNc1cc(Oc2cnc3c(c2)c(C)nn3COCC[Si](C)(C)C)cnc1N. The van der Waals surface area contributed by atoms with Crippen LogP contribution in [0.3, 0.4) is 0 Å². The van der Waals surface area contributed by atoms with Gasteiger partial charge < -0.3 is 20.5 Å². The number of hydrogen-bond acceptors (Lipinski definition) is 7. The molecular weight excluding hydrogens is 372 g/mol. The molecule has 0 radical (unpaired) electrons. The van der Waals surface area contributed by atoms with E-state index in [2.05, 4.69) is 40.0 Å². The Morgan fingerprint density at radius 3 is 2.57 bits per heavy atom. The molecule has 0 saturated carbocycles. The lowest BCUT2D eigenvalue weighted by molar-refractivity contribution is 0.0810. The summed E-state index contributed by atoms with van der Waals surface area (Å²) in [5, 5.41) is 8.48. The number of fused-ring (bicyclic) bond motifs is 1. The number of pyridine rings is 2. The molecule has 3 N–H and O–H groups in total. The highest BCUT2D eigenvalue weighted by atomic mass is 28.3. The molecule has 150 valence electrons. The van der Waals surface area contributed by atoms with E-state index in [0.717, 1.165) is 29.4 Å². The number of rotatable bonds is 8. The molecule has 0 unspecified atom stereocenters. The minimum Gasteiger partial charge on any atom is -0.454 e. The van der Waals surface area contributed by atoms with Crippen LogP contribution in [0.4, 0.5) is 11.5 Å². The van der Waals surface area contributed by atoms with Gasteiger partial charge in [0, 0.05) is 33.2 Å². The molecule has 8 nitrogen and oxygen atoms in total. The molecule has 0 saturated heterocycles. The van der Waals surface area contributed by atoms with E-state index in [0.29, 0.717) is 29.7 Å². The van der Waals surface area contributed by atoms with E-state index in [-0.39, 0.29) is 0 Å². The molecule has 3 rings (SSSR count). The second-order valence-corrected chi connectivity index (χ2v) is 13.6. The Bertz CT molecular complexity index is 967. The van der Waals surface area contributed by atoms with Gasteiger partial charge in [-0.3, -0.25) is 0 Å². The molecule has 3 aromatic rings. The summed E-state index contributed by atoms with van der Waals surface area (Å²) in [6.07, 6.45) is 3.26. The van der Waals surface area contributed by atoms with E-state index in [1.165, 1.54) is 0 Å². The predicted octanol–water partition coefficient (Wildman–Crippen LogP) is 3.86. The maximum atomic E-state index is 5.90. The summed E-state index contributed by atoms with van der Waals surface area (Å²) in [7, 11) is 0.683. The molecule has 0 amide bonds. The molecule has 0 aliphatic heterocycles. The third-order valence-electron chi connectivity index (χ3n) is 4.35. The normalized spacial score (nSPS) is 11.8. The third kappa shape index (κ3) is 4.79. The fraction of sp³-hybridized carbons (Fsp3) is 0.421. The highest BCUT2D eigenvalue weighted by molar-refractivity contribution is 6.76. The maximum absolute atomic E-state index is 5.90. The summed E-state index contributed by atoms with van der Waals surface area (Å²) in [6, 6.07) is 4.86. The van der Waals surface area contributed by atoms with Crippen molar-refractivity contribution in [3.63, 3.8) is 0 Å². The first-order valence-corrected chi connectivity index (χ1v) is 13.0. The predicted molar refractivity (Wildman–Crippen MR) is 115 cm³/mol. The highest BCUT2D eigenvalue weighted by Gasteiger charge is 2.14. The molecule has 0 atom stereocenters. The van der Waals surface area contributed by atoms with Gasteiger partial charge in [-0.15, -0.1) is 0 Å². The van der Waals surface area contributed by atoms with Crippen LogP contribution in [-0.4, -0.2) is 41.5 Å². The van der Waals surface area contributed by atoms with Gasteiger partial charge in [-0.2, -0.15) is 5.10 Å². The summed E-state index contributed by atoms with van der Waals surface area (Å²) >= 11 is 0. The van der Waals surface area contributed by atoms with Gasteiger partial charge in [-0.1, -0.05) is 19.6 Å². The van der Waals surface area contributed by atoms with E-state index < -0.39 is 8.07 Å². The standard InChI is InChI=1S/C19H28N6O2Si/c1-13-16-8-14(27-15-9-17(21-2)18(20)22-10-15)11-23-19(16)25(24-13)12-26-6-7-28(3,4)5/h8-11,21H,6-7,12H2,1-5H3,(H2,20,22). The first kappa shape index (κ1) is 20.1. The minimum atomic E-state index is -1.10. The van der Waals surface area contributed by atoms with Crippen LogP contribution in [0, 0.1) is 6.92 Å². The number of ether oxygens (including phenoxy) is 2. The molecule has 28 heavy (non-hydrogen) atoms.